The highest BCUT2D eigenvalue weighted by molar-refractivity contribution is 5.10. The third-order valence-electron chi connectivity index (χ3n) is 4.60. The molecule has 0 saturated carbocycles. The van der Waals surface area contributed by atoms with Crippen LogP contribution in [0.5, 0.6) is 0 Å². The standard InChI is InChI=1S/C13H18O4/c1-8-3-2-4-9-10-7-14-12(17-10)13(11(8)9)15-5-6-16-13/h2-3,8-12H,4-7H2,1H3/t8-,9-,10-,11-,12-/m1/s1. The summed E-state index contributed by atoms with van der Waals surface area (Å²) in [6.45, 7) is 4.22. The summed E-state index contributed by atoms with van der Waals surface area (Å²) in [6.07, 6.45) is 5.47. The maximum atomic E-state index is 5.95. The van der Waals surface area contributed by atoms with Gasteiger partial charge in [-0.15, -0.1) is 0 Å². The Morgan fingerprint density at radius 2 is 2.06 bits per heavy atom. The van der Waals surface area contributed by atoms with E-state index in [9.17, 15) is 0 Å². The van der Waals surface area contributed by atoms with Gasteiger partial charge in [0.05, 0.1) is 25.9 Å². The average molecular weight is 238 g/mol. The third kappa shape index (κ3) is 1.27. The van der Waals surface area contributed by atoms with Crippen LogP contribution < -0.4 is 0 Å². The van der Waals surface area contributed by atoms with Gasteiger partial charge in [-0.05, 0) is 18.3 Å². The van der Waals surface area contributed by atoms with Crippen molar-refractivity contribution in [2.45, 2.75) is 31.5 Å². The Balaban J connectivity index is 1.79. The van der Waals surface area contributed by atoms with Crippen LogP contribution in [0.4, 0.5) is 0 Å². The number of hydrogen-bond donors (Lipinski definition) is 0. The van der Waals surface area contributed by atoms with Crippen molar-refractivity contribution in [1.29, 1.82) is 0 Å². The molecule has 4 heteroatoms. The molecular weight excluding hydrogens is 220 g/mol. The molecule has 4 aliphatic rings. The van der Waals surface area contributed by atoms with Crippen LogP contribution in [0, 0.1) is 17.8 Å². The van der Waals surface area contributed by atoms with E-state index in [1.54, 1.807) is 0 Å². The van der Waals surface area contributed by atoms with Crippen LogP contribution in [0.3, 0.4) is 0 Å². The molecule has 4 rings (SSSR count). The molecule has 17 heavy (non-hydrogen) atoms. The lowest BCUT2D eigenvalue weighted by atomic mass is 9.68. The molecule has 0 aromatic carbocycles. The molecule has 4 nitrogen and oxygen atoms in total. The van der Waals surface area contributed by atoms with E-state index in [4.69, 9.17) is 18.9 Å². The number of ether oxygens (including phenoxy) is 4. The summed E-state index contributed by atoms with van der Waals surface area (Å²) in [5, 5.41) is 0. The van der Waals surface area contributed by atoms with E-state index in [1.165, 1.54) is 0 Å². The van der Waals surface area contributed by atoms with Gasteiger partial charge >= 0.3 is 0 Å². The minimum absolute atomic E-state index is 0.218. The lowest BCUT2D eigenvalue weighted by Gasteiger charge is -2.49. The van der Waals surface area contributed by atoms with Gasteiger partial charge in [-0.3, -0.25) is 0 Å². The topological polar surface area (TPSA) is 36.9 Å². The zero-order chi connectivity index (χ0) is 11.5. The van der Waals surface area contributed by atoms with E-state index in [2.05, 4.69) is 19.1 Å². The molecule has 94 valence electrons. The molecule has 0 unspecified atom stereocenters. The first-order chi connectivity index (χ1) is 8.31. The number of rotatable bonds is 0. The van der Waals surface area contributed by atoms with Crippen molar-refractivity contribution in [1.82, 2.24) is 0 Å². The fraction of sp³-hybridized carbons (Fsp3) is 0.846. The summed E-state index contributed by atoms with van der Waals surface area (Å²) in [4.78, 5) is 0. The van der Waals surface area contributed by atoms with Crippen LogP contribution in [0.15, 0.2) is 12.2 Å². The van der Waals surface area contributed by atoms with Crippen LogP contribution >= 0.6 is 0 Å². The Bertz CT molecular complexity index is 347. The van der Waals surface area contributed by atoms with Gasteiger partial charge in [-0.1, -0.05) is 19.1 Å². The Labute approximate surface area is 101 Å². The van der Waals surface area contributed by atoms with Crippen LogP contribution in [0.2, 0.25) is 0 Å². The second-order valence-corrected chi connectivity index (χ2v) is 5.47. The molecule has 1 spiro atoms. The Hall–Kier alpha value is -0.420. The van der Waals surface area contributed by atoms with Crippen LogP contribution in [0.1, 0.15) is 13.3 Å². The molecule has 0 aromatic heterocycles. The third-order valence-corrected chi connectivity index (χ3v) is 4.60. The fourth-order valence-electron chi connectivity index (χ4n) is 3.94. The molecule has 1 aliphatic carbocycles. The normalized spacial score (nSPS) is 50.8. The first kappa shape index (κ1) is 10.5. The minimum atomic E-state index is -0.651. The minimum Gasteiger partial charge on any atom is -0.345 e. The Morgan fingerprint density at radius 3 is 2.88 bits per heavy atom. The molecule has 2 bridgehead atoms. The first-order valence-corrected chi connectivity index (χ1v) is 6.53. The van der Waals surface area contributed by atoms with Crippen molar-refractivity contribution in [3.8, 4) is 0 Å². The molecule has 0 N–H and O–H groups in total. The summed E-state index contributed by atoms with van der Waals surface area (Å²) in [5.74, 6) is 0.637. The van der Waals surface area contributed by atoms with E-state index >= 15 is 0 Å². The SMILES string of the molecule is C[C@@H]1C=CC[C@H]2[C@@H]1C1(OCCO1)[C@@H]1OC[C@H]2O1. The highest BCUT2D eigenvalue weighted by Gasteiger charge is 2.64. The quantitative estimate of drug-likeness (QED) is 0.596. The van der Waals surface area contributed by atoms with E-state index in [-0.39, 0.29) is 12.4 Å². The van der Waals surface area contributed by atoms with E-state index in [0.717, 1.165) is 6.42 Å². The highest BCUT2D eigenvalue weighted by atomic mass is 16.8. The lowest BCUT2D eigenvalue weighted by Crippen LogP contribution is -2.60. The molecular formula is C13H18O4. The fourth-order valence-corrected chi connectivity index (χ4v) is 3.94. The molecule has 3 heterocycles. The lowest BCUT2D eigenvalue weighted by molar-refractivity contribution is -0.345. The summed E-state index contributed by atoms with van der Waals surface area (Å²) in [6, 6.07) is 0. The van der Waals surface area contributed by atoms with E-state index in [1.807, 2.05) is 0 Å². The Morgan fingerprint density at radius 1 is 1.24 bits per heavy atom. The van der Waals surface area contributed by atoms with Crippen molar-refractivity contribution in [3.05, 3.63) is 12.2 Å². The molecule has 0 amide bonds. The predicted octanol–water partition coefficient (Wildman–Crippen LogP) is 1.31. The summed E-state index contributed by atoms with van der Waals surface area (Å²) in [5.41, 5.74) is 0. The summed E-state index contributed by atoms with van der Waals surface area (Å²) >= 11 is 0. The molecule has 5 atom stereocenters. The van der Waals surface area contributed by atoms with Crippen molar-refractivity contribution in [2.24, 2.45) is 17.8 Å². The maximum Gasteiger partial charge on any atom is 0.224 e. The van der Waals surface area contributed by atoms with Gasteiger partial charge in [-0.2, -0.15) is 0 Å². The van der Waals surface area contributed by atoms with E-state index in [0.29, 0.717) is 37.6 Å². The first-order valence-electron chi connectivity index (χ1n) is 6.53. The second-order valence-electron chi connectivity index (χ2n) is 5.47. The van der Waals surface area contributed by atoms with Gasteiger partial charge in [0.1, 0.15) is 0 Å². The van der Waals surface area contributed by atoms with Gasteiger partial charge < -0.3 is 18.9 Å². The summed E-state index contributed by atoms with van der Waals surface area (Å²) in [7, 11) is 0. The van der Waals surface area contributed by atoms with Crippen LogP contribution in [0.25, 0.3) is 0 Å². The molecule has 3 fully saturated rings. The van der Waals surface area contributed by atoms with Gasteiger partial charge in [0, 0.05) is 5.92 Å². The van der Waals surface area contributed by atoms with Gasteiger partial charge in [0.15, 0.2) is 0 Å². The van der Waals surface area contributed by atoms with Gasteiger partial charge in [0.2, 0.25) is 12.1 Å². The smallest absolute Gasteiger partial charge is 0.224 e. The highest BCUT2D eigenvalue weighted by Crippen LogP contribution is 2.53. The van der Waals surface area contributed by atoms with Crippen LogP contribution in [-0.4, -0.2) is 38.0 Å². The molecule has 3 aliphatic heterocycles. The van der Waals surface area contributed by atoms with Gasteiger partial charge in [0.25, 0.3) is 0 Å². The van der Waals surface area contributed by atoms with Gasteiger partial charge in [-0.25, -0.2) is 0 Å². The maximum absolute atomic E-state index is 5.95. The van der Waals surface area contributed by atoms with Crippen molar-refractivity contribution in [3.63, 3.8) is 0 Å². The monoisotopic (exact) mass is 238 g/mol. The summed E-state index contributed by atoms with van der Waals surface area (Å²) < 4.78 is 23.6. The zero-order valence-electron chi connectivity index (χ0n) is 10.0. The largest absolute Gasteiger partial charge is 0.345 e. The van der Waals surface area contributed by atoms with Crippen molar-refractivity contribution in [2.75, 3.05) is 19.8 Å². The van der Waals surface area contributed by atoms with Crippen LogP contribution in [-0.2, 0) is 18.9 Å². The molecule has 3 saturated heterocycles. The average Bonchev–Trinajstić information content (AvgIpc) is 2.94. The molecule has 0 radical (unpaired) electrons. The number of fused-ring (bicyclic) bond motifs is 6. The predicted molar refractivity (Wildman–Crippen MR) is 59.1 cm³/mol. The second kappa shape index (κ2) is 3.54. The van der Waals surface area contributed by atoms with Crippen molar-refractivity contribution >= 4 is 0 Å². The van der Waals surface area contributed by atoms with Crippen molar-refractivity contribution < 1.29 is 18.9 Å². The number of hydrogen-bond acceptors (Lipinski definition) is 4. The number of allylic oxidation sites excluding steroid dienone is 2. The molecule has 0 aromatic rings. The van der Waals surface area contributed by atoms with E-state index < -0.39 is 5.79 Å². The zero-order valence-corrected chi connectivity index (χ0v) is 10.0. The Kier molecular flexibility index (Phi) is 2.19.